The molecule has 0 fully saturated rings. The number of nitrogens with one attached hydrogen (secondary N) is 2. The summed E-state index contributed by atoms with van der Waals surface area (Å²) in [6.07, 6.45) is 1.51. The van der Waals surface area contributed by atoms with Crippen LogP contribution in [0.1, 0.15) is 45.1 Å². The van der Waals surface area contributed by atoms with E-state index in [1.807, 2.05) is 63.2 Å². The molecule has 44 heavy (non-hydrogen) atoms. The normalized spacial score (nSPS) is 12.7. The van der Waals surface area contributed by atoms with E-state index in [4.69, 9.17) is 16.2 Å². The monoisotopic (exact) mass is 595 g/mol. The van der Waals surface area contributed by atoms with Gasteiger partial charge in [-0.1, -0.05) is 36.4 Å². The van der Waals surface area contributed by atoms with E-state index in [0.29, 0.717) is 28.4 Å². The fraction of sp³-hybridized carbons (Fsp3) is 0.250. The van der Waals surface area contributed by atoms with Crippen LogP contribution in [0.3, 0.4) is 0 Å². The Bertz CT molecular complexity index is 1630. The number of aromatic nitrogens is 4. The smallest absolute Gasteiger partial charge is 0.248 e. The first-order valence-corrected chi connectivity index (χ1v) is 14.0. The van der Waals surface area contributed by atoms with E-state index < -0.39 is 18.1 Å². The number of rotatable bonds is 13. The van der Waals surface area contributed by atoms with Gasteiger partial charge in [0.05, 0.1) is 30.6 Å². The molecule has 0 saturated carbocycles. The minimum atomic E-state index is -0.873. The third kappa shape index (κ3) is 7.34. The Hall–Kier alpha value is -5.36. The van der Waals surface area contributed by atoms with E-state index in [2.05, 4.69) is 37.7 Å². The second kappa shape index (κ2) is 14.2. The number of aliphatic imine (C=N–C) groups is 1. The molecule has 2 atom stereocenters. The maximum absolute atomic E-state index is 14.1. The Kier molecular flexibility index (Phi) is 10.2. The van der Waals surface area contributed by atoms with Crippen molar-refractivity contribution in [1.29, 1.82) is 0 Å². The number of nitrogens with two attached hydrogens (primary N) is 2. The van der Waals surface area contributed by atoms with Gasteiger partial charge < -0.3 is 26.4 Å². The molecule has 0 radical (unpaired) electrons. The van der Waals surface area contributed by atoms with Gasteiger partial charge >= 0.3 is 0 Å². The van der Waals surface area contributed by atoms with Crippen molar-refractivity contribution in [2.45, 2.75) is 45.9 Å². The lowest BCUT2D eigenvalue weighted by Crippen LogP contribution is -2.52. The summed E-state index contributed by atoms with van der Waals surface area (Å²) in [6.45, 7) is 9.55. The van der Waals surface area contributed by atoms with E-state index in [1.54, 1.807) is 36.4 Å². The fourth-order valence-electron chi connectivity index (χ4n) is 5.01. The first-order valence-electron chi connectivity index (χ1n) is 14.0. The summed E-state index contributed by atoms with van der Waals surface area (Å²) in [4.78, 5) is 31.6. The number of amides is 2. The number of hydrogen-bond donors (Lipinski definition) is 4. The lowest BCUT2D eigenvalue weighted by atomic mass is 9.93. The SMILES string of the molecule is C=N/C(=C\NC(C)N(Cc1ccc(OC)c(-c2nnn[nH]2)c1)C(=O)[C@@H](N)Cc1c(C)cc(C(N)=O)cc1C)c1ccccc1. The fourth-order valence-corrected chi connectivity index (χ4v) is 5.01. The summed E-state index contributed by atoms with van der Waals surface area (Å²) in [5.74, 6) is 0.224. The number of hydrogen-bond acceptors (Lipinski definition) is 9. The summed E-state index contributed by atoms with van der Waals surface area (Å²) in [5.41, 5.74) is 18.0. The van der Waals surface area contributed by atoms with Gasteiger partial charge in [0.25, 0.3) is 0 Å². The van der Waals surface area contributed by atoms with Gasteiger partial charge in [0.15, 0.2) is 5.82 Å². The number of H-pyrrole nitrogens is 1. The zero-order valence-electron chi connectivity index (χ0n) is 25.2. The molecule has 0 bridgehead atoms. The Morgan fingerprint density at radius 1 is 1.11 bits per heavy atom. The maximum atomic E-state index is 14.1. The molecule has 1 unspecified atom stereocenters. The number of ether oxygens (including phenoxy) is 1. The van der Waals surface area contributed by atoms with Crippen LogP contribution in [0.2, 0.25) is 0 Å². The van der Waals surface area contributed by atoms with Crippen LogP contribution >= 0.6 is 0 Å². The van der Waals surface area contributed by atoms with Crippen LogP contribution in [0, 0.1) is 13.8 Å². The molecule has 228 valence electrons. The number of methoxy groups -OCH3 is 1. The lowest BCUT2D eigenvalue weighted by molar-refractivity contribution is -0.135. The molecule has 4 aromatic rings. The summed E-state index contributed by atoms with van der Waals surface area (Å²) < 4.78 is 5.51. The van der Waals surface area contributed by atoms with Crippen molar-refractivity contribution in [2.75, 3.05) is 7.11 Å². The van der Waals surface area contributed by atoms with Crippen molar-refractivity contribution in [2.24, 2.45) is 16.5 Å². The van der Waals surface area contributed by atoms with Crippen molar-refractivity contribution in [3.63, 3.8) is 0 Å². The largest absolute Gasteiger partial charge is 0.496 e. The van der Waals surface area contributed by atoms with Gasteiger partial charge in [0.2, 0.25) is 11.8 Å². The molecule has 2 amide bonds. The van der Waals surface area contributed by atoms with Crippen molar-refractivity contribution in [3.8, 4) is 17.1 Å². The standard InChI is InChI=1S/C32H37N9O3/c1-19-13-24(30(34)42)14-20(2)25(19)16-27(33)32(43)41(21(3)36-17-28(35-4)23-9-7-6-8-10-23)18-22-11-12-29(44-5)26(15-22)31-37-39-40-38-31/h6-15,17,21,27,36H,4,16,18,33H2,1-3,5H3,(H2,34,42)(H,37,38,39,40)/b28-17-/t21?,27-/m0/s1. The zero-order valence-corrected chi connectivity index (χ0v) is 25.2. The molecule has 12 heteroatoms. The van der Waals surface area contributed by atoms with E-state index in [0.717, 1.165) is 27.8 Å². The quantitative estimate of drug-likeness (QED) is 0.135. The van der Waals surface area contributed by atoms with Crippen LogP contribution in [0.4, 0.5) is 0 Å². The Labute approximate surface area is 256 Å². The second-order valence-electron chi connectivity index (χ2n) is 10.4. The molecule has 4 rings (SSSR count). The second-order valence-corrected chi connectivity index (χ2v) is 10.4. The van der Waals surface area contributed by atoms with E-state index in [-0.39, 0.29) is 18.9 Å². The van der Waals surface area contributed by atoms with Gasteiger partial charge in [0, 0.05) is 23.9 Å². The van der Waals surface area contributed by atoms with E-state index in [9.17, 15) is 9.59 Å². The average molecular weight is 596 g/mol. The minimum Gasteiger partial charge on any atom is -0.496 e. The Balaban J connectivity index is 1.66. The molecule has 0 aliphatic rings. The number of tetrazole rings is 1. The van der Waals surface area contributed by atoms with Crippen molar-refractivity contribution in [1.82, 2.24) is 30.8 Å². The molecule has 0 saturated heterocycles. The highest BCUT2D eigenvalue weighted by molar-refractivity contribution is 5.93. The number of aryl methyl sites for hydroxylation is 2. The zero-order chi connectivity index (χ0) is 31.8. The molecule has 12 nitrogen and oxygen atoms in total. The van der Waals surface area contributed by atoms with Gasteiger partial charge in [0.1, 0.15) is 5.75 Å². The van der Waals surface area contributed by atoms with Crippen LogP contribution in [0.5, 0.6) is 5.75 Å². The first-order chi connectivity index (χ1) is 21.1. The van der Waals surface area contributed by atoms with Gasteiger partial charge in [-0.25, -0.2) is 5.10 Å². The van der Waals surface area contributed by atoms with Crippen LogP contribution < -0.4 is 21.5 Å². The molecule has 3 aromatic carbocycles. The summed E-state index contributed by atoms with van der Waals surface area (Å²) in [7, 11) is 1.56. The predicted molar refractivity (Wildman–Crippen MR) is 169 cm³/mol. The van der Waals surface area contributed by atoms with Crippen LogP contribution in [-0.4, -0.2) is 63.4 Å². The van der Waals surface area contributed by atoms with Gasteiger partial charge in [-0.2, -0.15) is 0 Å². The number of benzene rings is 3. The third-order valence-electron chi connectivity index (χ3n) is 7.39. The van der Waals surface area contributed by atoms with Crippen molar-refractivity contribution in [3.05, 3.63) is 100 Å². The molecule has 0 aliphatic heterocycles. The summed E-state index contributed by atoms with van der Waals surface area (Å²) in [6, 6.07) is 17.7. The topological polar surface area (TPSA) is 178 Å². The lowest BCUT2D eigenvalue weighted by Gasteiger charge is -2.32. The number of carbonyl (C=O) groups excluding carboxylic acids is 2. The molecular weight excluding hydrogens is 558 g/mol. The number of carbonyl (C=O) groups is 2. The number of primary amides is 1. The highest BCUT2D eigenvalue weighted by Crippen LogP contribution is 2.29. The molecule has 0 aliphatic carbocycles. The van der Waals surface area contributed by atoms with Crippen LogP contribution in [-0.2, 0) is 17.8 Å². The molecular formula is C32H37N9O3. The van der Waals surface area contributed by atoms with Crippen molar-refractivity contribution >= 4 is 24.2 Å². The van der Waals surface area contributed by atoms with Gasteiger partial charge in [-0.05, 0) is 90.9 Å². The van der Waals surface area contributed by atoms with Crippen LogP contribution in [0.25, 0.3) is 17.1 Å². The average Bonchev–Trinajstić information content (AvgIpc) is 3.57. The molecule has 1 aromatic heterocycles. The first kappa shape index (κ1) is 31.6. The van der Waals surface area contributed by atoms with Crippen molar-refractivity contribution < 1.29 is 14.3 Å². The number of nitrogens with zero attached hydrogens (tertiary/aromatic N) is 5. The summed E-state index contributed by atoms with van der Waals surface area (Å²) >= 11 is 0. The molecule has 1 heterocycles. The molecule has 0 spiro atoms. The maximum Gasteiger partial charge on any atom is 0.248 e. The van der Waals surface area contributed by atoms with Gasteiger partial charge in [-0.3, -0.25) is 14.6 Å². The summed E-state index contributed by atoms with van der Waals surface area (Å²) in [5, 5.41) is 17.4. The van der Waals surface area contributed by atoms with E-state index >= 15 is 0 Å². The minimum absolute atomic E-state index is 0.216. The predicted octanol–water partition coefficient (Wildman–Crippen LogP) is 3.12. The third-order valence-corrected chi connectivity index (χ3v) is 7.39. The Morgan fingerprint density at radius 3 is 2.41 bits per heavy atom. The number of aromatic amines is 1. The highest BCUT2D eigenvalue weighted by Gasteiger charge is 2.27. The van der Waals surface area contributed by atoms with E-state index in [1.165, 1.54) is 0 Å². The highest BCUT2D eigenvalue weighted by atomic mass is 16.5. The Morgan fingerprint density at radius 2 is 1.82 bits per heavy atom. The van der Waals surface area contributed by atoms with Crippen LogP contribution in [0.15, 0.2) is 71.9 Å². The molecule has 6 N–H and O–H groups in total. The van der Waals surface area contributed by atoms with Gasteiger partial charge in [-0.15, -0.1) is 5.10 Å².